The summed E-state index contributed by atoms with van der Waals surface area (Å²) in [5.74, 6) is 0.517. The van der Waals surface area contributed by atoms with Gasteiger partial charge >= 0.3 is 0 Å². The summed E-state index contributed by atoms with van der Waals surface area (Å²) >= 11 is 0. The van der Waals surface area contributed by atoms with Crippen molar-refractivity contribution in [3.05, 3.63) is 162 Å². The molecule has 0 atom stereocenters. The zero-order valence-electron chi connectivity index (χ0n) is 25.1. The van der Waals surface area contributed by atoms with E-state index < -0.39 is 0 Å². The molecule has 6 heteroatoms. The van der Waals surface area contributed by atoms with Gasteiger partial charge in [0, 0.05) is 44.5 Å². The average molecular weight is 604 g/mol. The summed E-state index contributed by atoms with van der Waals surface area (Å²) in [6, 6.07) is 49.6. The van der Waals surface area contributed by atoms with Crippen LogP contribution in [0.15, 0.2) is 157 Å². The number of para-hydroxylation sites is 5. The van der Waals surface area contributed by atoms with Crippen LogP contribution in [0, 0.1) is 0 Å². The number of benzene rings is 6. The minimum absolute atomic E-state index is 0.148. The van der Waals surface area contributed by atoms with Crippen LogP contribution in [0.4, 0.5) is 0 Å². The second-order valence-corrected chi connectivity index (χ2v) is 11.8. The van der Waals surface area contributed by atoms with E-state index in [1.165, 1.54) is 5.39 Å². The number of aromatic nitrogens is 5. The molecule has 0 saturated carbocycles. The summed E-state index contributed by atoms with van der Waals surface area (Å²) in [4.78, 5) is 24.3. The largest absolute Gasteiger partial charge is 0.307 e. The van der Waals surface area contributed by atoms with Gasteiger partial charge in [-0.05, 0) is 42.5 Å². The standard InChI is InChI=1S/C41H25N5O/c47-40-33-25-42-41(43-37(33)32-19-9-12-22-36(32)45(40)27-15-5-2-6-16-27)46-35-21-11-8-18-29(35)31-24-23-30-28-17-7-10-20-34(28)44(38(30)39(31)46)26-13-3-1-4-14-26/h1-25H. The van der Waals surface area contributed by atoms with Crippen LogP contribution >= 0.6 is 0 Å². The van der Waals surface area contributed by atoms with Crippen molar-refractivity contribution in [1.82, 2.24) is 23.7 Å². The van der Waals surface area contributed by atoms with Crippen molar-refractivity contribution in [2.45, 2.75) is 0 Å². The van der Waals surface area contributed by atoms with Crippen molar-refractivity contribution in [3.8, 4) is 17.3 Å². The monoisotopic (exact) mass is 603 g/mol. The zero-order valence-corrected chi connectivity index (χ0v) is 25.1. The van der Waals surface area contributed by atoms with Crippen LogP contribution in [-0.4, -0.2) is 23.7 Å². The Morgan fingerprint density at radius 1 is 0.404 bits per heavy atom. The van der Waals surface area contributed by atoms with Crippen LogP contribution in [0.3, 0.4) is 0 Å². The molecule has 0 aliphatic rings. The molecule has 220 valence electrons. The van der Waals surface area contributed by atoms with Crippen molar-refractivity contribution >= 4 is 65.4 Å². The predicted molar refractivity (Wildman–Crippen MR) is 191 cm³/mol. The molecule has 10 rings (SSSR count). The van der Waals surface area contributed by atoms with E-state index in [-0.39, 0.29) is 5.56 Å². The highest BCUT2D eigenvalue weighted by atomic mass is 16.1. The Balaban J connectivity index is 1.37. The van der Waals surface area contributed by atoms with Crippen LogP contribution in [0.1, 0.15) is 0 Å². The van der Waals surface area contributed by atoms with Crippen LogP contribution in [0.2, 0.25) is 0 Å². The summed E-state index contributed by atoms with van der Waals surface area (Å²) in [6.07, 6.45) is 1.69. The molecule has 0 unspecified atom stereocenters. The number of fused-ring (bicyclic) bond motifs is 10. The molecule has 0 aliphatic heterocycles. The zero-order chi connectivity index (χ0) is 31.1. The third-order valence-corrected chi connectivity index (χ3v) is 9.31. The molecule has 0 aliphatic carbocycles. The molecule has 0 amide bonds. The van der Waals surface area contributed by atoms with Crippen LogP contribution in [0.25, 0.3) is 82.7 Å². The molecule has 0 fully saturated rings. The van der Waals surface area contributed by atoms with Gasteiger partial charge < -0.3 is 4.57 Å². The quantitative estimate of drug-likeness (QED) is 0.189. The Morgan fingerprint density at radius 2 is 0.872 bits per heavy atom. The normalized spacial score (nSPS) is 11.9. The fourth-order valence-corrected chi connectivity index (χ4v) is 7.33. The second kappa shape index (κ2) is 9.73. The number of nitrogens with zero attached hydrogens (tertiary/aromatic N) is 5. The maximum Gasteiger partial charge on any atom is 0.266 e. The number of hydrogen-bond donors (Lipinski definition) is 0. The van der Waals surface area contributed by atoms with Gasteiger partial charge in [0.1, 0.15) is 0 Å². The van der Waals surface area contributed by atoms with E-state index in [1.54, 1.807) is 10.8 Å². The molecule has 4 heterocycles. The van der Waals surface area contributed by atoms with Gasteiger partial charge in [-0.1, -0.05) is 103 Å². The SMILES string of the molecule is O=c1c2cnc(-n3c4ccccc4c4ccc5c6ccccc6n(-c6ccccc6)c5c43)nc2c2ccccc2n1-c1ccccc1. The lowest BCUT2D eigenvalue weighted by Crippen LogP contribution is -2.20. The molecule has 4 aromatic heterocycles. The highest BCUT2D eigenvalue weighted by Gasteiger charge is 2.23. The fraction of sp³-hybridized carbons (Fsp3) is 0. The van der Waals surface area contributed by atoms with Gasteiger partial charge in [-0.3, -0.25) is 13.9 Å². The lowest BCUT2D eigenvalue weighted by Gasteiger charge is -2.14. The van der Waals surface area contributed by atoms with Gasteiger partial charge in [-0.15, -0.1) is 0 Å². The fourth-order valence-electron chi connectivity index (χ4n) is 7.33. The Hall–Kier alpha value is -6.53. The van der Waals surface area contributed by atoms with Crippen LogP contribution in [-0.2, 0) is 0 Å². The maximum absolute atomic E-state index is 14.1. The lowest BCUT2D eigenvalue weighted by molar-refractivity contribution is 1.000. The van der Waals surface area contributed by atoms with E-state index >= 15 is 0 Å². The molecule has 6 nitrogen and oxygen atoms in total. The van der Waals surface area contributed by atoms with Gasteiger partial charge in [0.05, 0.1) is 38.5 Å². The van der Waals surface area contributed by atoms with Crippen molar-refractivity contribution < 1.29 is 0 Å². The molecule has 10 aromatic rings. The first-order chi connectivity index (χ1) is 23.3. The second-order valence-electron chi connectivity index (χ2n) is 11.8. The molecule has 0 bridgehead atoms. The van der Waals surface area contributed by atoms with E-state index in [9.17, 15) is 4.79 Å². The van der Waals surface area contributed by atoms with Gasteiger partial charge in [-0.2, -0.15) is 0 Å². The van der Waals surface area contributed by atoms with Gasteiger partial charge in [0.25, 0.3) is 5.56 Å². The third kappa shape index (κ3) is 3.58. The van der Waals surface area contributed by atoms with Crippen molar-refractivity contribution in [3.63, 3.8) is 0 Å². The van der Waals surface area contributed by atoms with Crippen LogP contribution < -0.4 is 5.56 Å². The number of rotatable bonds is 3. The van der Waals surface area contributed by atoms with Gasteiger partial charge in [0.2, 0.25) is 5.95 Å². The summed E-state index contributed by atoms with van der Waals surface area (Å²) in [7, 11) is 0. The average Bonchev–Trinajstić information content (AvgIpc) is 3.66. The maximum atomic E-state index is 14.1. The third-order valence-electron chi connectivity index (χ3n) is 9.31. The first-order valence-corrected chi connectivity index (χ1v) is 15.6. The number of pyridine rings is 1. The Kier molecular flexibility index (Phi) is 5.33. The molecule has 47 heavy (non-hydrogen) atoms. The van der Waals surface area contributed by atoms with Crippen molar-refractivity contribution in [2.24, 2.45) is 0 Å². The topological polar surface area (TPSA) is 57.6 Å². The highest BCUT2D eigenvalue weighted by Crippen LogP contribution is 2.41. The summed E-state index contributed by atoms with van der Waals surface area (Å²) in [5.41, 5.74) is 7.40. The van der Waals surface area contributed by atoms with Crippen molar-refractivity contribution in [1.29, 1.82) is 0 Å². The highest BCUT2D eigenvalue weighted by molar-refractivity contribution is 6.23. The van der Waals surface area contributed by atoms with E-state index in [0.717, 1.165) is 60.5 Å². The Labute approximate surface area is 268 Å². The first kappa shape index (κ1) is 25.8. The van der Waals surface area contributed by atoms with Gasteiger partial charge in [-0.25, -0.2) is 9.97 Å². The minimum atomic E-state index is -0.148. The summed E-state index contributed by atoms with van der Waals surface area (Å²) in [5, 5.41) is 5.91. The molecule has 0 N–H and O–H groups in total. The lowest BCUT2D eigenvalue weighted by atomic mass is 10.1. The van der Waals surface area contributed by atoms with Crippen molar-refractivity contribution in [2.75, 3.05) is 0 Å². The predicted octanol–water partition coefficient (Wildman–Crippen LogP) is 9.13. The van der Waals surface area contributed by atoms with E-state index in [4.69, 9.17) is 9.97 Å². The smallest absolute Gasteiger partial charge is 0.266 e. The minimum Gasteiger partial charge on any atom is -0.307 e. The first-order valence-electron chi connectivity index (χ1n) is 15.6. The van der Waals surface area contributed by atoms with E-state index in [0.29, 0.717) is 16.9 Å². The molecule has 0 spiro atoms. The van der Waals surface area contributed by atoms with Gasteiger partial charge in [0.15, 0.2) is 0 Å². The molecular formula is C41H25N5O. The summed E-state index contributed by atoms with van der Waals surface area (Å²) in [6.45, 7) is 0. The van der Waals surface area contributed by atoms with Crippen LogP contribution in [0.5, 0.6) is 0 Å². The van der Waals surface area contributed by atoms with E-state index in [2.05, 4.69) is 94.1 Å². The summed E-state index contributed by atoms with van der Waals surface area (Å²) < 4.78 is 6.27. The number of hydrogen-bond acceptors (Lipinski definition) is 3. The molecular weight excluding hydrogens is 578 g/mol. The molecule has 0 saturated heterocycles. The molecule has 0 radical (unpaired) electrons. The molecule has 6 aromatic carbocycles. The Morgan fingerprint density at radius 3 is 1.49 bits per heavy atom. The van der Waals surface area contributed by atoms with E-state index in [1.807, 2.05) is 60.7 Å². The Bertz CT molecular complexity index is 2920.